The van der Waals surface area contributed by atoms with Crippen LogP contribution in [0.1, 0.15) is 33.2 Å². The van der Waals surface area contributed by atoms with E-state index in [1.807, 2.05) is 9.80 Å². The third kappa shape index (κ3) is 3.55. The van der Waals surface area contributed by atoms with E-state index in [1.165, 1.54) is 11.3 Å². The third-order valence-corrected chi connectivity index (χ3v) is 5.94. The molecule has 0 spiro atoms. The van der Waals surface area contributed by atoms with Gasteiger partial charge < -0.3 is 15.1 Å². The minimum atomic E-state index is -0.195. The molecule has 0 aliphatic carbocycles. The number of rotatable bonds is 2. The van der Waals surface area contributed by atoms with Crippen molar-refractivity contribution in [2.75, 3.05) is 31.5 Å². The fraction of sp³-hybridized carbons (Fsp3) is 0.444. The first-order valence-corrected chi connectivity index (χ1v) is 9.76. The molecule has 1 fully saturated rings. The van der Waals surface area contributed by atoms with Crippen molar-refractivity contribution in [1.82, 2.24) is 19.8 Å². The molecule has 0 saturated carbocycles. The van der Waals surface area contributed by atoms with Gasteiger partial charge in [-0.1, -0.05) is 0 Å². The van der Waals surface area contributed by atoms with Crippen molar-refractivity contribution in [1.29, 1.82) is 0 Å². The van der Waals surface area contributed by atoms with Gasteiger partial charge in [0.05, 0.1) is 5.69 Å². The van der Waals surface area contributed by atoms with Crippen molar-refractivity contribution >= 4 is 29.0 Å². The Morgan fingerprint density at radius 1 is 1.00 bits per heavy atom. The third-order valence-electron chi connectivity index (χ3n) is 4.79. The summed E-state index contributed by atoms with van der Waals surface area (Å²) in [6, 6.07) is 3.64. The molecule has 2 aliphatic heterocycles. The highest BCUT2D eigenvalue weighted by Gasteiger charge is 2.27. The number of likely N-dealkylation sites (tertiary alicyclic amines) is 1. The van der Waals surface area contributed by atoms with Gasteiger partial charge in [-0.05, 0) is 25.0 Å². The molecule has 4 heterocycles. The zero-order chi connectivity index (χ0) is 17.9. The largest absolute Gasteiger partial charge is 0.325 e. The standard InChI is InChI=1S/C18H21N5O2S/c24-16(20-13-3-7-19-8-4-13)17-21-14-5-11-23(12-6-15(14)26-17)18(25)22-9-1-2-10-22/h3-4,7-8H,1-2,5-6,9-12H2,(H,19,20,24). The number of aromatic nitrogens is 2. The van der Waals surface area contributed by atoms with Crippen LogP contribution in [-0.2, 0) is 12.8 Å². The summed E-state index contributed by atoms with van der Waals surface area (Å²) in [5.74, 6) is -0.195. The molecule has 0 atom stereocenters. The van der Waals surface area contributed by atoms with E-state index in [0.29, 0.717) is 30.2 Å². The van der Waals surface area contributed by atoms with Crippen LogP contribution in [0.15, 0.2) is 24.5 Å². The smallest absolute Gasteiger partial charge is 0.320 e. The zero-order valence-electron chi connectivity index (χ0n) is 14.5. The average molecular weight is 371 g/mol. The quantitative estimate of drug-likeness (QED) is 0.879. The Hall–Kier alpha value is -2.48. The van der Waals surface area contributed by atoms with Crippen LogP contribution in [-0.4, -0.2) is 57.9 Å². The maximum Gasteiger partial charge on any atom is 0.320 e. The van der Waals surface area contributed by atoms with E-state index < -0.39 is 0 Å². The number of nitrogens with zero attached hydrogens (tertiary/aromatic N) is 4. The minimum Gasteiger partial charge on any atom is -0.325 e. The Kier molecular flexibility index (Phi) is 4.83. The molecule has 0 aromatic carbocycles. The Labute approximate surface area is 156 Å². The molecule has 0 bridgehead atoms. The van der Waals surface area contributed by atoms with Gasteiger partial charge in [0.25, 0.3) is 5.91 Å². The van der Waals surface area contributed by atoms with Crippen molar-refractivity contribution in [3.63, 3.8) is 0 Å². The lowest BCUT2D eigenvalue weighted by Gasteiger charge is -2.26. The topological polar surface area (TPSA) is 78.4 Å². The van der Waals surface area contributed by atoms with Gasteiger partial charge in [-0.3, -0.25) is 9.78 Å². The summed E-state index contributed by atoms with van der Waals surface area (Å²) >= 11 is 1.43. The highest BCUT2D eigenvalue weighted by Crippen LogP contribution is 2.24. The first-order chi connectivity index (χ1) is 12.7. The predicted octanol–water partition coefficient (Wildman–Crippen LogP) is 2.41. The fourth-order valence-electron chi connectivity index (χ4n) is 3.38. The van der Waals surface area contributed by atoms with Crippen LogP contribution in [0.3, 0.4) is 0 Å². The fourth-order valence-corrected chi connectivity index (χ4v) is 4.37. The number of amides is 3. The van der Waals surface area contributed by atoms with Crippen molar-refractivity contribution < 1.29 is 9.59 Å². The predicted molar refractivity (Wildman–Crippen MR) is 99.5 cm³/mol. The van der Waals surface area contributed by atoms with Gasteiger partial charge in [-0.15, -0.1) is 11.3 Å². The lowest BCUT2D eigenvalue weighted by molar-refractivity contribution is 0.102. The first-order valence-electron chi connectivity index (χ1n) is 8.94. The van der Waals surface area contributed by atoms with Crippen LogP contribution in [0.4, 0.5) is 10.5 Å². The van der Waals surface area contributed by atoms with Crippen LogP contribution in [0.25, 0.3) is 0 Å². The zero-order valence-corrected chi connectivity index (χ0v) is 15.3. The highest BCUT2D eigenvalue weighted by molar-refractivity contribution is 7.13. The van der Waals surface area contributed by atoms with Crippen molar-refractivity contribution in [2.24, 2.45) is 0 Å². The van der Waals surface area contributed by atoms with Crippen LogP contribution >= 0.6 is 11.3 Å². The molecule has 8 heteroatoms. The Morgan fingerprint density at radius 3 is 2.46 bits per heavy atom. The number of nitrogens with one attached hydrogen (secondary N) is 1. The van der Waals surface area contributed by atoms with Gasteiger partial charge >= 0.3 is 6.03 Å². The van der Waals surface area contributed by atoms with E-state index in [4.69, 9.17) is 0 Å². The van der Waals surface area contributed by atoms with Crippen molar-refractivity contribution in [3.05, 3.63) is 40.1 Å². The van der Waals surface area contributed by atoms with E-state index in [0.717, 1.165) is 42.9 Å². The van der Waals surface area contributed by atoms with E-state index in [9.17, 15) is 9.59 Å². The van der Waals surface area contributed by atoms with Crippen LogP contribution in [0.5, 0.6) is 0 Å². The van der Waals surface area contributed by atoms with Gasteiger partial charge in [-0.2, -0.15) is 0 Å². The Bertz CT molecular complexity index is 776. The lowest BCUT2D eigenvalue weighted by Crippen LogP contribution is -2.43. The van der Waals surface area contributed by atoms with Crippen molar-refractivity contribution in [3.8, 4) is 0 Å². The molecule has 2 aliphatic rings. The van der Waals surface area contributed by atoms with Crippen LogP contribution in [0.2, 0.25) is 0 Å². The number of fused-ring (bicyclic) bond motifs is 1. The number of carbonyl (C=O) groups is 2. The van der Waals surface area contributed by atoms with Gasteiger partial charge in [0.15, 0.2) is 5.01 Å². The van der Waals surface area contributed by atoms with Gasteiger partial charge in [0, 0.05) is 62.0 Å². The number of pyridine rings is 1. The lowest BCUT2D eigenvalue weighted by atomic mass is 10.2. The molecule has 4 rings (SSSR count). The van der Waals surface area contributed by atoms with Crippen molar-refractivity contribution in [2.45, 2.75) is 25.7 Å². The molecular weight excluding hydrogens is 350 g/mol. The molecule has 1 saturated heterocycles. The summed E-state index contributed by atoms with van der Waals surface area (Å²) < 4.78 is 0. The highest BCUT2D eigenvalue weighted by atomic mass is 32.1. The van der Waals surface area contributed by atoms with Crippen LogP contribution < -0.4 is 5.32 Å². The number of hydrogen-bond acceptors (Lipinski definition) is 5. The van der Waals surface area contributed by atoms with Gasteiger partial charge in [0.2, 0.25) is 0 Å². The maximum atomic E-state index is 12.6. The number of anilines is 1. The average Bonchev–Trinajstić information content (AvgIpc) is 3.29. The molecule has 3 amide bonds. The molecule has 2 aromatic rings. The number of hydrogen-bond donors (Lipinski definition) is 1. The summed E-state index contributed by atoms with van der Waals surface area (Å²) in [5.41, 5.74) is 1.66. The van der Waals surface area contributed by atoms with Crippen LogP contribution in [0, 0.1) is 0 Å². The second kappa shape index (κ2) is 7.41. The second-order valence-corrected chi connectivity index (χ2v) is 7.63. The van der Waals surface area contributed by atoms with E-state index in [1.54, 1.807) is 24.5 Å². The minimum absolute atomic E-state index is 0.147. The summed E-state index contributed by atoms with van der Waals surface area (Å²) in [6.45, 7) is 3.09. The Balaban J connectivity index is 1.41. The molecule has 1 N–H and O–H groups in total. The summed E-state index contributed by atoms with van der Waals surface area (Å²) in [7, 11) is 0. The maximum absolute atomic E-state index is 12.6. The monoisotopic (exact) mass is 371 g/mol. The number of carbonyl (C=O) groups excluding carboxylic acids is 2. The molecule has 0 radical (unpaired) electrons. The molecule has 7 nitrogen and oxygen atoms in total. The van der Waals surface area contributed by atoms with Gasteiger partial charge in [-0.25, -0.2) is 9.78 Å². The normalized spacial score (nSPS) is 16.9. The number of urea groups is 1. The van der Waals surface area contributed by atoms with E-state index >= 15 is 0 Å². The first kappa shape index (κ1) is 17.0. The summed E-state index contributed by atoms with van der Waals surface area (Å²) in [5, 5.41) is 3.32. The molecule has 26 heavy (non-hydrogen) atoms. The van der Waals surface area contributed by atoms with E-state index in [2.05, 4.69) is 15.3 Å². The summed E-state index contributed by atoms with van der Waals surface area (Å²) in [4.78, 5) is 38.4. The number of thiazole rings is 1. The molecule has 0 unspecified atom stereocenters. The second-order valence-electron chi connectivity index (χ2n) is 6.54. The van der Waals surface area contributed by atoms with Gasteiger partial charge in [0.1, 0.15) is 0 Å². The SMILES string of the molecule is O=C(Nc1ccncc1)c1nc2c(s1)CCN(C(=O)N1CCCC1)CC2. The molecule has 136 valence electrons. The van der Waals surface area contributed by atoms with E-state index in [-0.39, 0.29) is 11.9 Å². The Morgan fingerprint density at radius 2 is 1.69 bits per heavy atom. The molecule has 2 aromatic heterocycles. The molecular formula is C18H21N5O2S. The summed E-state index contributed by atoms with van der Waals surface area (Å²) in [6.07, 6.45) is 6.94.